The van der Waals surface area contributed by atoms with E-state index in [1.54, 1.807) is 25.5 Å². The van der Waals surface area contributed by atoms with Crippen LogP contribution in [0.4, 0.5) is 0 Å². The van der Waals surface area contributed by atoms with Crippen LogP contribution in [0, 0.1) is 0 Å². The topological polar surface area (TPSA) is 59.9 Å². The summed E-state index contributed by atoms with van der Waals surface area (Å²) in [7, 11) is 1.58. The number of nitrogens with zero attached hydrogens (tertiary/aromatic N) is 1. The van der Waals surface area contributed by atoms with Crippen molar-refractivity contribution in [2.24, 2.45) is 5.10 Å². The average molecular weight is 383 g/mol. The highest BCUT2D eigenvalue weighted by Crippen LogP contribution is 2.27. The van der Waals surface area contributed by atoms with Crippen molar-refractivity contribution in [3.05, 3.63) is 44.6 Å². The van der Waals surface area contributed by atoms with Crippen LogP contribution in [0.2, 0.25) is 0 Å². The summed E-state index contributed by atoms with van der Waals surface area (Å²) in [6.07, 6.45) is 1.55. The lowest BCUT2D eigenvalue weighted by atomic mass is 10.2. The van der Waals surface area contributed by atoms with Crippen LogP contribution >= 0.6 is 27.3 Å². The number of carbonyl (C=O) groups excluding carboxylic acids is 1. The number of amides is 1. The SMILES string of the molecule is CCOc1ccc(/C=N\NC(=O)c2ccc(Br)s2)cc1OC. The third-order valence-electron chi connectivity index (χ3n) is 2.66. The van der Waals surface area contributed by atoms with E-state index >= 15 is 0 Å². The number of benzene rings is 1. The van der Waals surface area contributed by atoms with Gasteiger partial charge in [-0.15, -0.1) is 11.3 Å². The van der Waals surface area contributed by atoms with Crippen molar-refractivity contribution in [1.82, 2.24) is 5.43 Å². The maximum Gasteiger partial charge on any atom is 0.281 e. The molecule has 1 amide bonds. The van der Waals surface area contributed by atoms with E-state index in [9.17, 15) is 4.79 Å². The molecule has 22 heavy (non-hydrogen) atoms. The number of nitrogens with one attached hydrogen (secondary N) is 1. The monoisotopic (exact) mass is 382 g/mol. The Labute approximate surface area is 141 Å². The fourth-order valence-corrected chi connectivity index (χ4v) is 2.97. The normalized spacial score (nSPS) is 10.7. The van der Waals surface area contributed by atoms with Gasteiger partial charge in [-0.1, -0.05) is 0 Å². The number of ether oxygens (including phenoxy) is 2. The number of thiophene rings is 1. The van der Waals surface area contributed by atoms with Crippen molar-refractivity contribution in [2.75, 3.05) is 13.7 Å². The third kappa shape index (κ3) is 4.32. The van der Waals surface area contributed by atoms with Gasteiger partial charge in [0.1, 0.15) is 0 Å². The van der Waals surface area contributed by atoms with Gasteiger partial charge in [0, 0.05) is 0 Å². The van der Waals surface area contributed by atoms with Crippen LogP contribution in [-0.2, 0) is 0 Å². The second kappa shape index (κ2) is 7.95. The van der Waals surface area contributed by atoms with E-state index in [1.807, 2.05) is 25.1 Å². The number of rotatable bonds is 6. The molecule has 0 spiro atoms. The molecule has 5 nitrogen and oxygen atoms in total. The molecule has 0 atom stereocenters. The zero-order chi connectivity index (χ0) is 15.9. The highest BCUT2D eigenvalue weighted by Gasteiger charge is 2.07. The van der Waals surface area contributed by atoms with Crippen LogP contribution < -0.4 is 14.9 Å². The van der Waals surface area contributed by atoms with Gasteiger partial charge in [-0.05, 0) is 58.7 Å². The molecule has 0 bridgehead atoms. The number of halogens is 1. The van der Waals surface area contributed by atoms with Gasteiger partial charge in [0.2, 0.25) is 0 Å². The van der Waals surface area contributed by atoms with Gasteiger partial charge >= 0.3 is 0 Å². The lowest BCUT2D eigenvalue weighted by molar-refractivity contribution is 0.0959. The molecule has 1 N–H and O–H groups in total. The smallest absolute Gasteiger partial charge is 0.281 e. The predicted octanol–water partition coefficient (Wildman–Crippen LogP) is 3.68. The Morgan fingerprint density at radius 3 is 2.82 bits per heavy atom. The van der Waals surface area contributed by atoms with Crippen molar-refractivity contribution < 1.29 is 14.3 Å². The second-order valence-electron chi connectivity index (χ2n) is 4.15. The number of carbonyl (C=O) groups is 1. The average Bonchev–Trinajstić information content (AvgIpc) is 2.95. The summed E-state index contributed by atoms with van der Waals surface area (Å²) in [5.74, 6) is 1.05. The molecule has 1 heterocycles. The van der Waals surface area contributed by atoms with E-state index in [-0.39, 0.29) is 5.91 Å². The molecule has 0 saturated carbocycles. The van der Waals surface area contributed by atoms with Crippen LogP contribution in [0.1, 0.15) is 22.2 Å². The van der Waals surface area contributed by atoms with Gasteiger partial charge in [0.25, 0.3) is 5.91 Å². The fourth-order valence-electron chi connectivity index (χ4n) is 1.70. The first-order chi connectivity index (χ1) is 10.6. The molecule has 0 aliphatic heterocycles. The Hall–Kier alpha value is -1.86. The molecule has 2 rings (SSSR count). The largest absolute Gasteiger partial charge is 0.493 e. The van der Waals surface area contributed by atoms with Crippen molar-refractivity contribution in [1.29, 1.82) is 0 Å². The zero-order valence-electron chi connectivity index (χ0n) is 12.1. The predicted molar refractivity (Wildman–Crippen MR) is 91.2 cm³/mol. The Morgan fingerprint density at radius 2 is 2.18 bits per heavy atom. The standard InChI is InChI=1S/C15H15BrN2O3S/c1-3-21-11-5-4-10(8-12(11)20-2)9-17-18-15(19)13-6-7-14(16)22-13/h4-9H,3H2,1-2H3,(H,18,19)/b17-9-. The quantitative estimate of drug-likeness (QED) is 0.612. The summed E-state index contributed by atoms with van der Waals surface area (Å²) in [5, 5.41) is 3.95. The number of hydrogen-bond donors (Lipinski definition) is 1. The molecule has 0 aliphatic carbocycles. The van der Waals surface area contributed by atoms with Crippen molar-refractivity contribution >= 4 is 39.4 Å². The summed E-state index contributed by atoms with van der Waals surface area (Å²) in [4.78, 5) is 12.4. The molecule has 0 aliphatic rings. The Kier molecular flexibility index (Phi) is 5.97. The maximum absolute atomic E-state index is 11.8. The summed E-state index contributed by atoms with van der Waals surface area (Å²) < 4.78 is 11.6. The molecule has 7 heteroatoms. The number of methoxy groups -OCH3 is 1. The van der Waals surface area contributed by atoms with Crippen molar-refractivity contribution in [3.8, 4) is 11.5 Å². The molecular formula is C15H15BrN2O3S. The molecule has 0 unspecified atom stereocenters. The fraction of sp³-hybridized carbons (Fsp3) is 0.200. The summed E-state index contributed by atoms with van der Waals surface area (Å²) in [5.41, 5.74) is 3.29. The second-order valence-corrected chi connectivity index (χ2v) is 6.61. The molecule has 0 fully saturated rings. The number of hydrogen-bond acceptors (Lipinski definition) is 5. The molecule has 116 valence electrons. The van der Waals surface area contributed by atoms with Gasteiger partial charge in [-0.2, -0.15) is 5.10 Å². The molecule has 0 radical (unpaired) electrons. The first-order valence-corrected chi connectivity index (χ1v) is 8.14. The minimum atomic E-state index is -0.246. The van der Waals surface area contributed by atoms with Gasteiger partial charge in [-0.25, -0.2) is 5.43 Å². The Balaban J connectivity index is 2.02. The molecule has 2 aromatic rings. The van der Waals surface area contributed by atoms with Crippen LogP contribution in [0.25, 0.3) is 0 Å². The van der Waals surface area contributed by atoms with Gasteiger partial charge in [0.15, 0.2) is 11.5 Å². The third-order valence-corrected chi connectivity index (χ3v) is 4.29. The highest BCUT2D eigenvalue weighted by molar-refractivity contribution is 9.11. The molecule has 1 aromatic carbocycles. The number of hydrazone groups is 1. The lowest BCUT2D eigenvalue weighted by Crippen LogP contribution is -2.16. The first-order valence-electron chi connectivity index (χ1n) is 6.53. The van der Waals surface area contributed by atoms with Crippen molar-refractivity contribution in [2.45, 2.75) is 6.92 Å². The molecule has 0 saturated heterocycles. The van der Waals surface area contributed by atoms with Crippen LogP contribution in [-0.4, -0.2) is 25.8 Å². The Bertz CT molecular complexity index is 685. The van der Waals surface area contributed by atoms with Gasteiger partial charge in [-0.3, -0.25) is 4.79 Å². The van der Waals surface area contributed by atoms with E-state index in [1.165, 1.54) is 11.3 Å². The van der Waals surface area contributed by atoms with Crippen LogP contribution in [0.15, 0.2) is 39.2 Å². The van der Waals surface area contributed by atoms with Gasteiger partial charge in [0.05, 0.1) is 28.6 Å². The van der Waals surface area contributed by atoms with E-state index in [2.05, 4.69) is 26.5 Å². The molecular weight excluding hydrogens is 368 g/mol. The van der Waals surface area contributed by atoms with Crippen molar-refractivity contribution in [3.63, 3.8) is 0 Å². The van der Waals surface area contributed by atoms with Crippen LogP contribution in [0.5, 0.6) is 11.5 Å². The van der Waals surface area contributed by atoms with E-state index in [0.29, 0.717) is 23.0 Å². The first kappa shape index (κ1) is 16.5. The lowest BCUT2D eigenvalue weighted by Gasteiger charge is -2.09. The van der Waals surface area contributed by atoms with E-state index < -0.39 is 0 Å². The highest BCUT2D eigenvalue weighted by atomic mass is 79.9. The summed E-state index contributed by atoms with van der Waals surface area (Å²) in [6.45, 7) is 2.48. The van der Waals surface area contributed by atoms with Gasteiger partial charge < -0.3 is 9.47 Å². The maximum atomic E-state index is 11.8. The zero-order valence-corrected chi connectivity index (χ0v) is 14.5. The minimum Gasteiger partial charge on any atom is -0.493 e. The Morgan fingerprint density at radius 1 is 1.36 bits per heavy atom. The van der Waals surface area contributed by atoms with Crippen LogP contribution in [0.3, 0.4) is 0 Å². The minimum absolute atomic E-state index is 0.246. The van der Waals surface area contributed by atoms with E-state index in [4.69, 9.17) is 9.47 Å². The summed E-state index contributed by atoms with van der Waals surface area (Å²) in [6, 6.07) is 9.00. The summed E-state index contributed by atoms with van der Waals surface area (Å²) >= 11 is 4.66. The molecule has 1 aromatic heterocycles. The van der Waals surface area contributed by atoms with E-state index in [0.717, 1.165) is 9.35 Å².